The van der Waals surface area contributed by atoms with Crippen LogP contribution >= 0.6 is 0 Å². The van der Waals surface area contributed by atoms with E-state index in [1.165, 1.54) is 12.1 Å². The van der Waals surface area contributed by atoms with Crippen LogP contribution in [0.15, 0.2) is 78.4 Å². The summed E-state index contributed by atoms with van der Waals surface area (Å²) < 4.78 is 48.4. The van der Waals surface area contributed by atoms with Gasteiger partial charge in [0.05, 0.1) is 23.8 Å². The van der Waals surface area contributed by atoms with E-state index in [0.717, 1.165) is 43.4 Å². The molecule has 7 aliphatic carbocycles. The lowest BCUT2D eigenvalue weighted by Crippen LogP contribution is -2.67. The second-order valence-corrected chi connectivity index (χ2v) is 19.8. The molecule has 4 saturated carbocycles. The zero-order valence-corrected chi connectivity index (χ0v) is 34.2. The van der Waals surface area contributed by atoms with Crippen molar-refractivity contribution in [3.8, 4) is 0 Å². The van der Waals surface area contributed by atoms with Crippen molar-refractivity contribution in [2.45, 2.75) is 129 Å². The topological polar surface area (TPSA) is 87.1 Å². The summed E-state index contributed by atoms with van der Waals surface area (Å²) >= 11 is 0. The van der Waals surface area contributed by atoms with E-state index in [0.29, 0.717) is 55.9 Å². The molecule has 9 heteroatoms. The van der Waals surface area contributed by atoms with Crippen LogP contribution in [0.1, 0.15) is 120 Å². The smallest absolute Gasteiger partial charge is 0.416 e. The third-order valence-corrected chi connectivity index (χ3v) is 16.5. The first kappa shape index (κ1) is 40.4. The van der Waals surface area contributed by atoms with Crippen molar-refractivity contribution in [3.63, 3.8) is 0 Å². The largest absolute Gasteiger partial charge is 0.446 e. The molecule has 9 rings (SSSR count). The Morgan fingerprint density at radius 2 is 1.61 bits per heavy atom. The number of aliphatic hydroxyl groups excluding tert-OH is 1. The number of halogens is 3. The fourth-order valence-electron chi connectivity index (χ4n) is 13.3. The van der Waals surface area contributed by atoms with Crippen molar-refractivity contribution in [2.75, 3.05) is 6.54 Å². The molecule has 4 fully saturated rings. The molecular weight excluding hydrogens is 728 g/mol. The predicted octanol–water partition coefficient (Wildman–Crippen LogP) is 10.6. The van der Waals surface area contributed by atoms with Crippen molar-refractivity contribution in [3.05, 3.63) is 95.1 Å². The summed E-state index contributed by atoms with van der Waals surface area (Å²) in [5.41, 5.74) is -3.31. The lowest BCUT2D eigenvalue weighted by atomic mass is 9.32. The standard InChI is InChI=1S/C48H60F3NO5/c1-30(2)36-15-14-31(3)24-38(36)57-42(55)52(28-32-10-7-6-8-11-32)29-46(56)21-18-40-44(46,5)20-17-39-43(4)19-16-35(53)26-45(43)22-23-47(39,40)37(27-45)41(54)33-12-9-13-34(25-33)48(49,50)51/h6-13,22-23,25,27,30-31,35-36,38-40,53,56H,14-21,24,26,28-29H2,1-5H3. The van der Waals surface area contributed by atoms with Gasteiger partial charge in [0, 0.05) is 33.9 Å². The normalized spacial score (nSPS) is 39.5. The molecule has 0 heterocycles. The van der Waals surface area contributed by atoms with E-state index in [2.05, 4.69) is 46.8 Å². The Kier molecular flexibility index (Phi) is 9.98. The molecule has 6 nitrogen and oxygen atoms in total. The van der Waals surface area contributed by atoms with Gasteiger partial charge in [0.1, 0.15) is 6.10 Å². The van der Waals surface area contributed by atoms with Crippen LogP contribution in [0, 0.1) is 51.2 Å². The molecule has 0 saturated heterocycles. The number of allylic oxidation sites excluding steroid dienone is 4. The number of hydrogen-bond acceptors (Lipinski definition) is 5. The van der Waals surface area contributed by atoms with Crippen molar-refractivity contribution >= 4 is 11.9 Å². The monoisotopic (exact) mass is 787 g/mol. The number of fused-ring (bicyclic) bond motifs is 1. The maximum Gasteiger partial charge on any atom is 0.416 e. The fourth-order valence-corrected chi connectivity index (χ4v) is 13.3. The van der Waals surface area contributed by atoms with Crippen molar-refractivity contribution in [2.24, 2.45) is 51.2 Å². The molecule has 0 aliphatic heterocycles. The number of hydrogen-bond donors (Lipinski definition) is 2. The average molecular weight is 788 g/mol. The molecule has 11 atom stereocenters. The Balaban J connectivity index is 1.18. The van der Waals surface area contributed by atoms with Crippen LogP contribution in [0.2, 0.25) is 0 Å². The number of ether oxygens (including phenoxy) is 1. The van der Waals surface area contributed by atoms with Gasteiger partial charge < -0.3 is 19.8 Å². The minimum atomic E-state index is -4.61. The second kappa shape index (κ2) is 14.1. The van der Waals surface area contributed by atoms with Gasteiger partial charge >= 0.3 is 12.3 Å². The summed E-state index contributed by atoms with van der Waals surface area (Å²) in [6.45, 7) is 11.3. The maximum atomic E-state index is 14.9. The summed E-state index contributed by atoms with van der Waals surface area (Å²) in [5, 5.41) is 24.2. The Morgan fingerprint density at radius 3 is 2.33 bits per heavy atom. The third-order valence-electron chi connectivity index (χ3n) is 16.5. The summed E-state index contributed by atoms with van der Waals surface area (Å²) in [6, 6.07) is 14.5. The molecule has 0 radical (unpaired) electrons. The number of rotatable bonds is 8. The van der Waals surface area contributed by atoms with Gasteiger partial charge in [-0.1, -0.05) is 102 Å². The van der Waals surface area contributed by atoms with Gasteiger partial charge in [0.2, 0.25) is 0 Å². The fraction of sp³-hybridized carbons (Fsp3) is 0.625. The average Bonchev–Trinajstić information content (AvgIpc) is 3.44. The summed E-state index contributed by atoms with van der Waals surface area (Å²) in [6.07, 6.45) is 7.68. The minimum Gasteiger partial charge on any atom is -0.446 e. The van der Waals surface area contributed by atoms with Gasteiger partial charge in [-0.2, -0.15) is 13.2 Å². The van der Waals surface area contributed by atoms with E-state index in [4.69, 9.17) is 4.74 Å². The molecule has 7 aliphatic rings. The Hall–Kier alpha value is -3.43. The second-order valence-electron chi connectivity index (χ2n) is 19.8. The predicted molar refractivity (Wildman–Crippen MR) is 213 cm³/mol. The molecular formula is C48H60F3NO5. The molecule has 0 aromatic heterocycles. The van der Waals surface area contributed by atoms with E-state index >= 15 is 0 Å². The zero-order valence-electron chi connectivity index (χ0n) is 34.2. The first-order valence-electron chi connectivity index (χ1n) is 21.4. The first-order chi connectivity index (χ1) is 26.9. The van der Waals surface area contributed by atoms with Crippen LogP contribution in [-0.2, 0) is 17.5 Å². The van der Waals surface area contributed by atoms with Gasteiger partial charge in [-0.25, -0.2) is 4.79 Å². The number of aliphatic hydroxyl groups is 2. The molecule has 308 valence electrons. The van der Waals surface area contributed by atoms with Crippen LogP contribution in [0.25, 0.3) is 0 Å². The molecule has 2 aromatic carbocycles. The van der Waals surface area contributed by atoms with Crippen molar-refractivity contribution in [1.29, 1.82) is 0 Å². The number of carbonyl (C=O) groups excluding carboxylic acids is 2. The molecule has 57 heavy (non-hydrogen) atoms. The maximum absolute atomic E-state index is 14.9. The van der Waals surface area contributed by atoms with Gasteiger partial charge in [0.25, 0.3) is 0 Å². The van der Waals surface area contributed by atoms with Gasteiger partial charge in [-0.15, -0.1) is 0 Å². The summed E-state index contributed by atoms with van der Waals surface area (Å²) in [5.74, 6) is 0.386. The number of nitrogens with zero attached hydrogens (tertiary/aromatic N) is 1. The van der Waals surface area contributed by atoms with Gasteiger partial charge in [-0.05, 0) is 110 Å². The van der Waals surface area contributed by atoms with Crippen molar-refractivity contribution in [1.82, 2.24) is 4.90 Å². The van der Waals surface area contributed by atoms with E-state index in [9.17, 15) is 33.0 Å². The SMILES string of the molecule is CC1CCC(C(C)C)C(OC(=O)N(Cc2ccccc2)CC2(O)CCC3C45C=CC6(C=C4C(=O)c4cccc(C(F)(F)F)c4)CC(O)CCC6(C)C5CCC32C)C1. The summed E-state index contributed by atoms with van der Waals surface area (Å²) in [4.78, 5) is 31.1. The quantitative estimate of drug-likeness (QED) is 0.206. The first-order valence-corrected chi connectivity index (χ1v) is 21.4. The Labute approximate surface area is 335 Å². The van der Waals surface area contributed by atoms with Gasteiger partial charge in [0.15, 0.2) is 5.78 Å². The number of ketones is 1. The summed E-state index contributed by atoms with van der Waals surface area (Å²) in [7, 11) is 0. The number of carbonyl (C=O) groups is 2. The lowest BCUT2D eigenvalue weighted by Gasteiger charge is -2.71. The van der Waals surface area contributed by atoms with Gasteiger partial charge in [-0.3, -0.25) is 4.79 Å². The molecule has 1 amide bonds. The highest BCUT2D eigenvalue weighted by molar-refractivity contribution is 6.10. The number of Topliss-reactive ketones (excluding diaryl/α,β-unsaturated/α-hetero) is 1. The molecule has 2 aromatic rings. The van der Waals surface area contributed by atoms with Crippen molar-refractivity contribution < 1.29 is 37.7 Å². The molecule has 2 N–H and O–H groups in total. The van der Waals surface area contributed by atoms with Crippen LogP contribution < -0.4 is 0 Å². The van der Waals surface area contributed by atoms with E-state index in [-0.39, 0.29) is 47.9 Å². The van der Waals surface area contributed by atoms with Crippen LogP contribution in [0.3, 0.4) is 0 Å². The van der Waals surface area contributed by atoms with E-state index in [1.807, 2.05) is 36.4 Å². The molecule has 11 unspecified atom stereocenters. The number of alkyl halides is 3. The highest BCUT2D eigenvalue weighted by Crippen LogP contribution is 2.78. The highest BCUT2D eigenvalue weighted by atomic mass is 19.4. The van der Waals surface area contributed by atoms with Crippen LogP contribution in [0.4, 0.5) is 18.0 Å². The Morgan fingerprint density at radius 1 is 0.912 bits per heavy atom. The Bertz CT molecular complexity index is 1940. The molecule has 2 bridgehead atoms. The minimum absolute atomic E-state index is 0.00587. The zero-order chi connectivity index (χ0) is 40.8. The third kappa shape index (κ3) is 6.34. The van der Waals surface area contributed by atoms with E-state index < -0.39 is 51.6 Å². The number of benzene rings is 2. The lowest BCUT2D eigenvalue weighted by molar-refractivity contribution is -0.175. The van der Waals surface area contributed by atoms with Crippen LogP contribution in [-0.4, -0.2) is 51.3 Å². The number of amides is 1. The molecule has 2 spiro atoms. The van der Waals surface area contributed by atoms with E-state index in [1.54, 1.807) is 4.90 Å². The highest BCUT2D eigenvalue weighted by Gasteiger charge is 2.74. The van der Waals surface area contributed by atoms with Crippen LogP contribution in [0.5, 0.6) is 0 Å².